The van der Waals surface area contributed by atoms with Crippen LogP contribution in [0.1, 0.15) is 53.6 Å². The highest BCUT2D eigenvalue weighted by atomic mass is 32.2. The number of hydrogen-bond donors (Lipinski definition) is 1. The minimum absolute atomic E-state index is 0.339. The lowest BCUT2D eigenvalue weighted by atomic mass is 9.99. The van der Waals surface area contributed by atoms with Crippen LogP contribution in [-0.2, 0) is 47.7 Å². The number of aryl methyl sites for hydroxylation is 3. The molecule has 5 rings (SSSR count). The van der Waals surface area contributed by atoms with Crippen LogP contribution in [0.15, 0.2) is 16.7 Å². The van der Waals surface area contributed by atoms with Crippen LogP contribution < -0.4 is 14.7 Å². The topological polar surface area (TPSA) is 112 Å². The molecule has 0 spiro atoms. The van der Waals surface area contributed by atoms with Gasteiger partial charge in [0.25, 0.3) is 0 Å². The molecule has 1 aromatic heterocycles. The molecule has 0 saturated carbocycles. The maximum atomic E-state index is 13.5. The van der Waals surface area contributed by atoms with Gasteiger partial charge in [0.05, 0.1) is 29.6 Å². The quantitative estimate of drug-likeness (QED) is 0.524. The summed E-state index contributed by atoms with van der Waals surface area (Å²) in [7, 11) is -2.54. The number of rotatable bonds is 5. The zero-order valence-electron chi connectivity index (χ0n) is 19.1. The summed E-state index contributed by atoms with van der Waals surface area (Å²) in [5.41, 5.74) is 6.74. The third kappa shape index (κ3) is 4.10. The number of ether oxygens (including phenoxy) is 1. The Labute approximate surface area is 194 Å². The maximum absolute atomic E-state index is 13.5. The fourth-order valence-electron chi connectivity index (χ4n) is 5.38. The highest BCUT2D eigenvalue weighted by molar-refractivity contribution is 7.91. The first kappa shape index (κ1) is 22.2. The van der Waals surface area contributed by atoms with Crippen LogP contribution in [0.5, 0.6) is 0 Å². The van der Waals surface area contributed by atoms with E-state index in [1.165, 1.54) is 21.6 Å². The van der Waals surface area contributed by atoms with E-state index in [1.807, 2.05) is 0 Å². The predicted octanol–water partition coefficient (Wildman–Crippen LogP) is 1.76. The molecular weight excluding hydrogens is 442 g/mol. The van der Waals surface area contributed by atoms with Gasteiger partial charge < -0.3 is 15.2 Å². The van der Waals surface area contributed by atoms with Crippen LogP contribution in [0, 0.1) is 6.92 Å². The first-order valence-corrected chi connectivity index (χ1v) is 13.1. The van der Waals surface area contributed by atoms with Crippen LogP contribution in [0.3, 0.4) is 0 Å². The van der Waals surface area contributed by atoms with Gasteiger partial charge in [-0.3, -0.25) is 4.68 Å². The first-order valence-electron chi connectivity index (χ1n) is 11.7. The van der Waals surface area contributed by atoms with Crippen LogP contribution in [0.4, 0.5) is 11.4 Å². The van der Waals surface area contributed by atoms with E-state index in [2.05, 4.69) is 20.9 Å². The van der Waals surface area contributed by atoms with Crippen molar-refractivity contribution in [2.45, 2.75) is 64.3 Å². The van der Waals surface area contributed by atoms with E-state index < -0.39 is 16.2 Å². The number of fused-ring (bicyclic) bond motifs is 2. The van der Waals surface area contributed by atoms with E-state index >= 15 is 0 Å². The Morgan fingerprint density at radius 1 is 1.18 bits per heavy atom. The monoisotopic (exact) mass is 472 g/mol. The Morgan fingerprint density at radius 2 is 1.82 bits per heavy atom. The molecule has 2 aliphatic carbocycles. The van der Waals surface area contributed by atoms with Gasteiger partial charge in [0, 0.05) is 25.9 Å². The van der Waals surface area contributed by atoms with E-state index in [9.17, 15) is 13.5 Å². The van der Waals surface area contributed by atoms with Gasteiger partial charge in [-0.05, 0) is 80.5 Å². The number of nitrogens with zero attached hydrogens (tertiary/aromatic N) is 4. The van der Waals surface area contributed by atoms with Crippen LogP contribution in [-0.4, -0.2) is 43.5 Å². The lowest BCUT2D eigenvalue weighted by Crippen LogP contribution is -2.44. The van der Waals surface area contributed by atoms with E-state index in [0.29, 0.717) is 37.4 Å². The van der Waals surface area contributed by atoms with Crippen molar-refractivity contribution < 1.29 is 18.3 Å². The highest BCUT2D eigenvalue weighted by Gasteiger charge is 2.34. The van der Waals surface area contributed by atoms with Crippen molar-refractivity contribution in [3.63, 3.8) is 0 Å². The molecule has 0 unspecified atom stereocenters. The fourth-order valence-corrected chi connectivity index (χ4v) is 6.74. The average Bonchev–Trinajstić information content (AvgIpc) is 3.51. The molecule has 2 aromatic rings. The van der Waals surface area contributed by atoms with Crippen LogP contribution in [0.2, 0.25) is 0 Å². The summed E-state index contributed by atoms with van der Waals surface area (Å²) < 4.78 is 39.0. The fraction of sp³-hybridized carbons (Fsp3) is 0.565. The van der Waals surface area contributed by atoms with Gasteiger partial charge >= 0.3 is 10.2 Å². The number of nitrogens with one attached hydrogen (secondary N) is 1. The number of anilines is 2. The summed E-state index contributed by atoms with van der Waals surface area (Å²) in [6.45, 7) is 2.73. The number of benzene rings is 1. The molecule has 1 N–H and O–H groups in total. The second kappa shape index (κ2) is 8.64. The summed E-state index contributed by atoms with van der Waals surface area (Å²) >= 11 is 0. The molecule has 0 radical (unpaired) electrons. The van der Waals surface area contributed by atoms with Gasteiger partial charge in [-0.15, -0.1) is 4.40 Å². The number of hydrogen-bond acceptors (Lipinski definition) is 5. The summed E-state index contributed by atoms with van der Waals surface area (Å²) in [4.78, 5) is 0. The van der Waals surface area contributed by atoms with Crippen molar-refractivity contribution in [2.24, 2.45) is 11.4 Å². The molecule has 0 atom stereocenters. The largest absolute Gasteiger partial charge is 0.845 e. The zero-order chi connectivity index (χ0) is 23.2. The van der Waals surface area contributed by atoms with E-state index in [4.69, 9.17) is 4.74 Å². The molecule has 10 heteroatoms. The van der Waals surface area contributed by atoms with Gasteiger partial charge in [0.1, 0.15) is 0 Å². The normalized spacial score (nSPS) is 18.9. The molecule has 1 saturated heterocycles. The summed E-state index contributed by atoms with van der Waals surface area (Å²) in [6, 6.07) is 1.09. The first-order chi connectivity index (χ1) is 15.8. The molecule has 2 heterocycles. The Morgan fingerprint density at radius 3 is 2.39 bits per heavy atom. The second-order valence-corrected chi connectivity index (χ2v) is 10.6. The Balaban J connectivity index is 1.50. The minimum atomic E-state index is -4.29. The van der Waals surface area contributed by atoms with Crippen LogP contribution >= 0.6 is 0 Å². The SMILES string of the molecule is Cc1c(N(C2CCOCC2)S(=O)(=O)/N=C(\[O-])Nc2c3c(cc4c2CCC4)CCC3)cnn1C. The summed E-state index contributed by atoms with van der Waals surface area (Å²) in [5, 5.41) is 20.1. The number of aromatic nitrogens is 2. The van der Waals surface area contributed by atoms with Crippen molar-refractivity contribution >= 4 is 27.6 Å². The molecule has 1 aliphatic heterocycles. The Kier molecular flexibility index (Phi) is 5.82. The van der Waals surface area contributed by atoms with E-state index in [-0.39, 0.29) is 6.04 Å². The summed E-state index contributed by atoms with van der Waals surface area (Å²) in [5.74, 6) is 0. The smallest absolute Gasteiger partial charge is 0.345 e. The van der Waals surface area contributed by atoms with Crippen LogP contribution in [0.25, 0.3) is 0 Å². The van der Waals surface area contributed by atoms with E-state index in [0.717, 1.165) is 55.3 Å². The van der Waals surface area contributed by atoms with Gasteiger partial charge in [0.15, 0.2) is 0 Å². The molecule has 33 heavy (non-hydrogen) atoms. The maximum Gasteiger partial charge on any atom is 0.345 e. The molecular formula is C23H30N5O4S-. The second-order valence-electron chi connectivity index (χ2n) is 9.11. The van der Waals surface area contributed by atoms with Crippen molar-refractivity contribution in [2.75, 3.05) is 22.8 Å². The summed E-state index contributed by atoms with van der Waals surface area (Å²) in [6.07, 6.45) is 8.48. The zero-order valence-corrected chi connectivity index (χ0v) is 19.9. The van der Waals surface area contributed by atoms with E-state index in [1.54, 1.807) is 18.7 Å². The lowest BCUT2D eigenvalue weighted by molar-refractivity contribution is -0.213. The van der Waals surface area contributed by atoms with Crippen molar-refractivity contribution in [1.29, 1.82) is 0 Å². The molecule has 9 nitrogen and oxygen atoms in total. The van der Waals surface area contributed by atoms with Crippen molar-refractivity contribution in [1.82, 2.24) is 9.78 Å². The van der Waals surface area contributed by atoms with Gasteiger partial charge in [-0.2, -0.15) is 13.5 Å². The highest BCUT2D eigenvalue weighted by Crippen LogP contribution is 2.38. The molecule has 1 fully saturated rings. The molecule has 0 amide bonds. The molecule has 3 aliphatic rings. The van der Waals surface area contributed by atoms with Crippen molar-refractivity contribution in [3.05, 3.63) is 40.2 Å². The number of amidine groups is 1. The standard InChI is InChI=1S/C23H31N5O4S/c1-15-21(14-24-27(15)2)28(18-9-11-32-12-10-18)33(30,31)26-23(29)25-22-19-7-3-5-16(19)13-17-6-4-8-20(17)22/h13-14,18H,3-12H2,1-2H3,(H2,25,26,29)/p-1. The Hall–Kier alpha value is -2.59. The molecule has 1 aromatic carbocycles. The van der Waals surface area contributed by atoms with Gasteiger partial charge in [-0.1, -0.05) is 6.07 Å². The Bertz CT molecular complexity index is 1170. The van der Waals surface area contributed by atoms with Crippen molar-refractivity contribution in [3.8, 4) is 0 Å². The lowest BCUT2D eigenvalue weighted by Gasteiger charge is -2.33. The molecule has 0 bridgehead atoms. The average molecular weight is 473 g/mol. The third-order valence-corrected chi connectivity index (χ3v) is 8.51. The minimum Gasteiger partial charge on any atom is -0.845 e. The third-order valence-electron chi connectivity index (χ3n) is 7.12. The van der Waals surface area contributed by atoms with Gasteiger partial charge in [-0.25, -0.2) is 4.31 Å². The molecule has 178 valence electrons. The van der Waals surface area contributed by atoms with Gasteiger partial charge in [0.2, 0.25) is 0 Å². The predicted molar refractivity (Wildman–Crippen MR) is 125 cm³/mol.